The molecule has 1 amide bonds. The summed E-state index contributed by atoms with van der Waals surface area (Å²) in [4.78, 5) is 24.8. The number of hydrogen-bond acceptors (Lipinski definition) is 9. The van der Waals surface area contributed by atoms with Gasteiger partial charge in [-0.25, -0.2) is 9.97 Å². The number of hydrogen-bond donors (Lipinski definition) is 1. The number of thioether (sulfide) groups is 1. The van der Waals surface area contributed by atoms with Gasteiger partial charge in [-0.3, -0.25) is 4.79 Å². The molecule has 0 radical (unpaired) electrons. The van der Waals surface area contributed by atoms with Crippen LogP contribution in [0.1, 0.15) is 0 Å². The zero-order valence-electron chi connectivity index (χ0n) is 12.7. The minimum absolute atomic E-state index is 0.129. The van der Waals surface area contributed by atoms with E-state index in [2.05, 4.69) is 30.4 Å². The van der Waals surface area contributed by atoms with E-state index in [9.17, 15) is 4.79 Å². The molecule has 1 aliphatic rings. The highest BCUT2D eigenvalue weighted by atomic mass is 32.2. The molecule has 0 aliphatic carbocycles. The second kappa shape index (κ2) is 7.55. The average Bonchev–Trinajstić information content (AvgIpc) is 3.09. The predicted molar refractivity (Wildman–Crippen MR) is 91.0 cm³/mol. The van der Waals surface area contributed by atoms with E-state index in [1.807, 2.05) is 4.90 Å². The van der Waals surface area contributed by atoms with Gasteiger partial charge < -0.3 is 15.1 Å². The quantitative estimate of drug-likeness (QED) is 0.792. The average molecular weight is 351 g/mol. The molecular weight excluding hydrogens is 334 g/mol. The van der Waals surface area contributed by atoms with Crippen LogP contribution in [0, 0.1) is 0 Å². The molecule has 0 saturated carbocycles. The van der Waals surface area contributed by atoms with Gasteiger partial charge in [0, 0.05) is 45.6 Å². The Kier molecular flexibility index (Phi) is 5.23. The maximum Gasteiger partial charge on any atom is 0.233 e. The van der Waals surface area contributed by atoms with Crippen molar-refractivity contribution < 1.29 is 4.79 Å². The van der Waals surface area contributed by atoms with E-state index in [0.29, 0.717) is 18.8 Å². The van der Waals surface area contributed by atoms with Crippen LogP contribution in [-0.2, 0) is 4.79 Å². The first-order valence-corrected chi connectivity index (χ1v) is 9.00. The van der Waals surface area contributed by atoms with Gasteiger partial charge in [-0.1, -0.05) is 23.1 Å². The second-order valence-corrected chi connectivity index (χ2v) is 7.03. The number of anilines is 2. The van der Waals surface area contributed by atoms with E-state index >= 15 is 0 Å². The van der Waals surface area contributed by atoms with Crippen molar-refractivity contribution in [2.45, 2.75) is 4.34 Å². The minimum atomic E-state index is 0.129. The number of aromatic nitrogens is 4. The Morgan fingerprint density at radius 3 is 2.65 bits per heavy atom. The minimum Gasteiger partial charge on any atom is -0.363 e. The van der Waals surface area contributed by atoms with Crippen molar-refractivity contribution in [3.8, 4) is 0 Å². The molecule has 0 unspecified atom stereocenters. The molecule has 0 aromatic carbocycles. The van der Waals surface area contributed by atoms with Crippen molar-refractivity contribution in [1.82, 2.24) is 25.1 Å². The van der Waals surface area contributed by atoms with Gasteiger partial charge in [0.15, 0.2) is 4.34 Å². The summed E-state index contributed by atoms with van der Waals surface area (Å²) in [5.74, 6) is 1.24. The highest BCUT2D eigenvalue weighted by molar-refractivity contribution is 8.01. The lowest BCUT2D eigenvalue weighted by Gasteiger charge is -2.34. The Bertz CT molecular complexity index is 643. The van der Waals surface area contributed by atoms with Crippen molar-refractivity contribution in [3.05, 3.63) is 18.5 Å². The zero-order valence-corrected chi connectivity index (χ0v) is 14.3. The molecule has 1 fully saturated rings. The summed E-state index contributed by atoms with van der Waals surface area (Å²) in [5.41, 5.74) is 0. The van der Waals surface area contributed by atoms with Gasteiger partial charge in [0.2, 0.25) is 17.0 Å². The van der Waals surface area contributed by atoms with Crippen LogP contribution < -0.4 is 10.2 Å². The Balaban J connectivity index is 1.46. The number of carbonyl (C=O) groups excluding carboxylic acids is 1. The van der Waals surface area contributed by atoms with Gasteiger partial charge >= 0.3 is 0 Å². The highest BCUT2D eigenvalue weighted by Crippen LogP contribution is 2.25. The summed E-state index contributed by atoms with van der Waals surface area (Å²) >= 11 is 2.88. The molecule has 0 spiro atoms. The largest absolute Gasteiger partial charge is 0.363 e. The molecule has 1 N–H and O–H groups in total. The first-order chi connectivity index (χ1) is 11.3. The molecule has 3 rings (SSSR count). The second-order valence-electron chi connectivity index (χ2n) is 4.83. The van der Waals surface area contributed by atoms with Crippen molar-refractivity contribution in [2.75, 3.05) is 49.2 Å². The van der Waals surface area contributed by atoms with Crippen LogP contribution in [-0.4, -0.2) is 70.0 Å². The Hall–Kier alpha value is -1.94. The third-order valence-corrected chi connectivity index (χ3v) is 5.47. The number of carbonyl (C=O) groups is 1. The number of nitrogens with zero attached hydrogens (tertiary/aromatic N) is 6. The maximum atomic E-state index is 12.3. The van der Waals surface area contributed by atoms with E-state index in [-0.39, 0.29) is 5.91 Å². The number of piperazine rings is 1. The van der Waals surface area contributed by atoms with E-state index in [0.717, 1.165) is 28.5 Å². The summed E-state index contributed by atoms with van der Waals surface area (Å²) < 4.78 is 0.805. The molecule has 0 bridgehead atoms. The first kappa shape index (κ1) is 15.9. The van der Waals surface area contributed by atoms with Crippen molar-refractivity contribution in [1.29, 1.82) is 0 Å². The van der Waals surface area contributed by atoms with E-state index in [1.54, 1.807) is 25.5 Å². The van der Waals surface area contributed by atoms with E-state index in [1.165, 1.54) is 23.1 Å². The highest BCUT2D eigenvalue weighted by Gasteiger charge is 2.22. The van der Waals surface area contributed by atoms with Gasteiger partial charge in [-0.05, 0) is 6.07 Å². The first-order valence-electron chi connectivity index (χ1n) is 7.20. The molecule has 3 heterocycles. The topological polar surface area (TPSA) is 87.1 Å². The molecule has 2 aromatic heterocycles. The SMILES string of the molecule is CNc1nnc(SCC(=O)N2CCN(c3ncccn3)CC2)s1. The third kappa shape index (κ3) is 4.08. The van der Waals surface area contributed by atoms with Gasteiger partial charge in [0.05, 0.1) is 5.75 Å². The third-order valence-electron chi connectivity index (χ3n) is 3.41. The fraction of sp³-hybridized carbons (Fsp3) is 0.462. The lowest BCUT2D eigenvalue weighted by molar-refractivity contribution is -0.128. The van der Waals surface area contributed by atoms with Crippen molar-refractivity contribution in [3.63, 3.8) is 0 Å². The molecule has 1 aliphatic heterocycles. The lowest BCUT2D eigenvalue weighted by Crippen LogP contribution is -2.49. The molecule has 10 heteroatoms. The zero-order chi connectivity index (χ0) is 16.1. The smallest absolute Gasteiger partial charge is 0.233 e. The molecule has 23 heavy (non-hydrogen) atoms. The molecule has 8 nitrogen and oxygen atoms in total. The van der Waals surface area contributed by atoms with Gasteiger partial charge in [-0.2, -0.15) is 0 Å². The fourth-order valence-corrected chi connectivity index (χ4v) is 3.80. The molecular formula is C13H17N7OS2. The monoisotopic (exact) mass is 351 g/mol. The lowest BCUT2D eigenvalue weighted by atomic mass is 10.3. The van der Waals surface area contributed by atoms with Gasteiger partial charge in [0.25, 0.3) is 0 Å². The number of amides is 1. The summed E-state index contributed by atoms with van der Waals surface area (Å²) in [6.07, 6.45) is 3.47. The molecule has 1 saturated heterocycles. The summed E-state index contributed by atoms with van der Waals surface area (Å²) in [6.45, 7) is 2.89. The standard InChI is InChI=1S/C13H17N7OS2/c1-14-12-17-18-13(23-12)22-9-10(21)19-5-7-20(8-6-19)11-15-3-2-4-16-11/h2-4H,5-9H2,1H3,(H,14,17). The van der Waals surface area contributed by atoms with E-state index < -0.39 is 0 Å². The summed E-state index contributed by atoms with van der Waals surface area (Å²) in [7, 11) is 1.80. The molecule has 0 atom stereocenters. The van der Waals surface area contributed by atoms with Crippen molar-refractivity contribution >= 4 is 40.1 Å². The Labute approximate surface area is 142 Å². The Morgan fingerprint density at radius 2 is 2.00 bits per heavy atom. The molecule has 122 valence electrons. The van der Waals surface area contributed by atoms with Gasteiger partial charge in [-0.15, -0.1) is 10.2 Å². The van der Waals surface area contributed by atoms with Gasteiger partial charge in [0.1, 0.15) is 0 Å². The predicted octanol–water partition coefficient (Wildman–Crippen LogP) is 0.811. The number of nitrogens with one attached hydrogen (secondary N) is 1. The number of rotatable bonds is 5. The van der Waals surface area contributed by atoms with Crippen LogP contribution in [0.5, 0.6) is 0 Å². The van der Waals surface area contributed by atoms with Crippen LogP contribution in [0.4, 0.5) is 11.1 Å². The molecule has 2 aromatic rings. The maximum absolute atomic E-state index is 12.3. The van der Waals surface area contributed by atoms with Crippen molar-refractivity contribution in [2.24, 2.45) is 0 Å². The van der Waals surface area contributed by atoms with Crippen LogP contribution in [0.15, 0.2) is 22.8 Å². The van der Waals surface area contributed by atoms with Crippen LogP contribution in [0.2, 0.25) is 0 Å². The van der Waals surface area contributed by atoms with Crippen LogP contribution >= 0.6 is 23.1 Å². The summed E-state index contributed by atoms with van der Waals surface area (Å²) in [5, 5.41) is 11.7. The fourth-order valence-electron chi connectivity index (χ4n) is 2.19. The van der Waals surface area contributed by atoms with E-state index in [4.69, 9.17) is 0 Å². The Morgan fingerprint density at radius 1 is 1.26 bits per heavy atom. The summed E-state index contributed by atoms with van der Waals surface area (Å²) in [6, 6.07) is 1.80. The van der Waals surface area contributed by atoms with Crippen LogP contribution in [0.3, 0.4) is 0 Å². The normalized spacial score (nSPS) is 14.8. The van der Waals surface area contributed by atoms with Crippen LogP contribution in [0.25, 0.3) is 0 Å².